The summed E-state index contributed by atoms with van der Waals surface area (Å²) in [6.45, 7) is 23.2. The molecule has 2 unspecified atom stereocenters. The van der Waals surface area contributed by atoms with Crippen molar-refractivity contribution in [1.82, 2.24) is 4.90 Å². The minimum Gasteiger partial charge on any atom is -0.465 e. The summed E-state index contributed by atoms with van der Waals surface area (Å²) in [7, 11) is 0. The van der Waals surface area contributed by atoms with Gasteiger partial charge in [-0.3, -0.25) is 9.59 Å². The van der Waals surface area contributed by atoms with Crippen LogP contribution in [0.15, 0.2) is 0 Å². The number of ether oxygens (including phenoxy) is 2. The van der Waals surface area contributed by atoms with Crippen molar-refractivity contribution in [2.75, 3.05) is 32.8 Å². The van der Waals surface area contributed by atoms with Crippen molar-refractivity contribution >= 4 is 11.9 Å². The number of carbonyl (C=O) groups is 2. The van der Waals surface area contributed by atoms with E-state index < -0.39 is 0 Å². The number of likely N-dealkylation sites (tertiary alicyclic amines) is 1. The second kappa shape index (κ2) is 32.2. The van der Waals surface area contributed by atoms with E-state index in [4.69, 9.17) is 9.47 Å². The van der Waals surface area contributed by atoms with Gasteiger partial charge in [-0.05, 0) is 106 Å². The SMILES string of the molecule is CC(C)CCC(COC(=O)CCCCCCCCCC(CCCCCCCCCC(=O)OCC(CCC(C)C)C(C)C)CCN1CCCC1)C(C)C. The number of nitrogens with zero attached hydrogens (tertiary/aromatic N) is 1. The highest BCUT2D eigenvalue weighted by molar-refractivity contribution is 5.69. The molecule has 1 aliphatic heterocycles. The lowest BCUT2D eigenvalue weighted by Gasteiger charge is -2.21. The Morgan fingerprint density at radius 1 is 0.462 bits per heavy atom. The zero-order chi connectivity index (χ0) is 38.4. The highest BCUT2D eigenvalue weighted by Gasteiger charge is 2.18. The number of rotatable bonds is 35. The molecule has 0 saturated carbocycles. The number of unbranched alkanes of at least 4 members (excludes halogenated alkanes) is 12. The third kappa shape index (κ3) is 28.4. The molecule has 52 heavy (non-hydrogen) atoms. The number of carbonyl (C=O) groups excluding carboxylic acids is 2. The Hall–Kier alpha value is -1.10. The van der Waals surface area contributed by atoms with Crippen molar-refractivity contribution in [2.45, 2.75) is 216 Å². The van der Waals surface area contributed by atoms with E-state index in [-0.39, 0.29) is 11.9 Å². The highest BCUT2D eigenvalue weighted by Crippen LogP contribution is 2.25. The highest BCUT2D eigenvalue weighted by atomic mass is 16.5. The van der Waals surface area contributed by atoms with E-state index in [9.17, 15) is 9.59 Å². The van der Waals surface area contributed by atoms with E-state index in [1.165, 1.54) is 129 Å². The number of hydrogen-bond donors (Lipinski definition) is 0. The topological polar surface area (TPSA) is 55.8 Å². The number of hydrogen-bond acceptors (Lipinski definition) is 5. The first-order valence-corrected chi connectivity index (χ1v) is 23.0. The quantitative estimate of drug-likeness (QED) is 0.0479. The zero-order valence-corrected chi connectivity index (χ0v) is 36.3. The van der Waals surface area contributed by atoms with Gasteiger partial charge in [0.2, 0.25) is 0 Å². The maximum Gasteiger partial charge on any atom is 0.305 e. The van der Waals surface area contributed by atoms with Crippen LogP contribution in [0.3, 0.4) is 0 Å². The second-order valence-electron chi connectivity index (χ2n) is 18.5. The van der Waals surface area contributed by atoms with E-state index in [1.54, 1.807) is 0 Å². The average molecular weight is 734 g/mol. The summed E-state index contributed by atoms with van der Waals surface area (Å²) in [4.78, 5) is 27.3. The van der Waals surface area contributed by atoms with Crippen molar-refractivity contribution in [3.8, 4) is 0 Å². The molecule has 0 N–H and O–H groups in total. The molecular formula is C47H91NO4. The van der Waals surface area contributed by atoms with Crippen LogP contribution >= 0.6 is 0 Å². The lowest BCUT2D eigenvalue weighted by molar-refractivity contribution is -0.146. The molecule has 0 amide bonds. The molecule has 2 atom stereocenters. The van der Waals surface area contributed by atoms with Crippen molar-refractivity contribution < 1.29 is 19.1 Å². The van der Waals surface area contributed by atoms with Crippen LogP contribution in [-0.2, 0) is 19.1 Å². The molecule has 0 aromatic rings. The van der Waals surface area contributed by atoms with Gasteiger partial charge in [-0.1, -0.05) is 158 Å². The maximum atomic E-state index is 12.3. The Morgan fingerprint density at radius 3 is 1.19 bits per heavy atom. The Labute approximate surface area is 325 Å². The first-order chi connectivity index (χ1) is 25.0. The van der Waals surface area contributed by atoms with Gasteiger partial charge in [-0.15, -0.1) is 0 Å². The second-order valence-corrected chi connectivity index (χ2v) is 18.5. The minimum atomic E-state index is 0.00657. The normalized spacial score (nSPS) is 15.6. The van der Waals surface area contributed by atoms with Crippen LogP contribution in [0.4, 0.5) is 0 Å². The van der Waals surface area contributed by atoms with E-state index in [0.717, 1.165) is 44.4 Å². The van der Waals surface area contributed by atoms with Crippen molar-refractivity contribution in [3.05, 3.63) is 0 Å². The van der Waals surface area contributed by atoms with Gasteiger partial charge >= 0.3 is 11.9 Å². The average Bonchev–Trinajstić information content (AvgIpc) is 3.62. The molecule has 1 fully saturated rings. The third-order valence-electron chi connectivity index (χ3n) is 12.1. The molecule has 1 heterocycles. The third-order valence-corrected chi connectivity index (χ3v) is 12.1. The monoisotopic (exact) mass is 734 g/mol. The molecule has 0 aliphatic carbocycles. The smallest absolute Gasteiger partial charge is 0.305 e. The summed E-state index contributed by atoms with van der Waals surface area (Å²) in [5, 5.41) is 0. The number of esters is 2. The van der Waals surface area contributed by atoms with Crippen LogP contribution in [0, 0.1) is 41.4 Å². The summed E-state index contributed by atoms with van der Waals surface area (Å²) in [5.74, 6) is 4.43. The standard InChI is InChI=1S/C47H91NO4/c1-39(2)29-31-44(41(5)6)37-51-46(49)27-21-17-13-9-11-15-19-25-43(33-36-48-34-23-24-35-48)26-20-16-12-10-14-18-22-28-47(50)52-38-45(42(7)8)32-30-40(3)4/h39-45H,9-38H2,1-8H3. The van der Waals surface area contributed by atoms with Crippen molar-refractivity contribution in [1.29, 1.82) is 0 Å². The van der Waals surface area contributed by atoms with Crippen LogP contribution in [0.2, 0.25) is 0 Å². The summed E-state index contributed by atoms with van der Waals surface area (Å²) >= 11 is 0. The predicted octanol–water partition coefficient (Wildman–Crippen LogP) is 13.6. The van der Waals surface area contributed by atoms with Gasteiger partial charge in [-0.25, -0.2) is 0 Å². The molecule has 0 aromatic carbocycles. The van der Waals surface area contributed by atoms with Gasteiger partial charge in [0, 0.05) is 12.8 Å². The lowest BCUT2D eigenvalue weighted by Crippen LogP contribution is -2.22. The molecular weight excluding hydrogens is 643 g/mol. The molecule has 308 valence electrons. The maximum absolute atomic E-state index is 12.3. The van der Waals surface area contributed by atoms with Crippen LogP contribution in [0.1, 0.15) is 216 Å². The Morgan fingerprint density at radius 2 is 0.827 bits per heavy atom. The fourth-order valence-electron chi connectivity index (χ4n) is 7.83. The van der Waals surface area contributed by atoms with E-state index in [2.05, 4.69) is 60.3 Å². The van der Waals surface area contributed by atoms with E-state index in [1.807, 2.05) is 0 Å². The molecule has 0 bridgehead atoms. The molecule has 5 nitrogen and oxygen atoms in total. The van der Waals surface area contributed by atoms with Gasteiger partial charge in [-0.2, -0.15) is 0 Å². The van der Waals surface area contributed by atoms with Crippen LogP contribution in [0.5, 0.6) is 0 Å². The fraction of sp³-hybridized carbons (Fsp3) is 0.957. The van der Waals surface area contributed by atoms with Crippen LogP contribution in [-0.4, -0.2) is 49.7 Å². The molecule has 0 spiro atoms. The van der Waals surface area contributed by atoms with Crippen LogP contribution in [0.25, 0.3) is 0 Å². The Balaban J connectivity index is 2.13. The van der Waals surface area contributed by atoms with Gasteiger partial charge in [0.1, 0.15) is 0 Å². The van der Waals surface area contributed by atoms with E-state index in [0.29, 0.717) is 61.6 Å². The molecule has 1 saturated heterocycles. The summed E-state index contributed by atoms with van der Waals surface area (Å²) in [6.07, 6.45) is 30.4. The summed E-state index contributed by atoms with van der Waals surface area (Å²) in [5.41, 5.74) is 0. The van der Waals surface area contributed by atoms with Crippen LogP contribution < -0.4 is 0 Å². The van der Waals surface area contributed by atoms with Gasteiger partial charge in [0.15, 0.2) is 0 Å². The predicted molar refractivity (Wildman–Crippen MR) is 224 cm³/mol. The van der Waals surface area contributed by atoms with Crippen molar-refractivity contribution in [3.63, 3.8) is 0 Å². The van der Waals surface area contributed by atoms with Gasteiger partial charge in [0.05, 0.1) is 13.2 Å². The summed E-state index contributed by atoms with van der Waals surface area (Å²) in [6, 6.07) is 0. The first-order valence-electron chi connectivity index (χ1n) is 23.0. The Kier molecular flexibility index (Phi) is 30.3. The van der Waals surface area contributed by atoms with E-state index >= 15 is 0 Å². The summed E-state index contributed by atoms with van der Waals surface area (Å²) < 4.78 is 11.3. The molecule has 1 aliphatic rings. The fourth-order valence-corrected chi connectivity index (χ4v) is 7.83. The largest absolute Gasteiger partial charge is 0.465 e. The molecule has 5 heteroatoms. The molecule has 0 aromatic heterocycles. The first kappa shape index (κ1) is 48.9. The van der Waals surface area contributed by atoms with Crippen molar-refractivity contribution in [2.24, 2.45) is 41.4 Å². The lowest BCUT2D eigenvalue weighted by atomic mass is 9.89. The van der Waals surface area contributed by atoms with Gasteiger partial charge in [0.25, 0.3) is 0 Å². The molecule has 0 radical (unpaired) electrons. The Bertz CT molecular complexity index is 775. The zero-order valence-electron chi connectivity index (χ0n) is 36.3. The minimum absolute atomic E-state index is 0.00657. The van der Waals surface area contributed by atoms with Gasteiger partial charge < -0.3 is 14.4 Å². The molecule has 1 rings (SSSR count).